The molecule has 2 N–H and O–H groups in total. The summed E-state index contributed by atoms with van der Waals surface area (Å²) in [5.74, 6) is 1.77. The standard InChI is InChI=1S/C18H22NO7P.H2O/c1-19-9-16-18-11-4-6-14(23-26-27(20,24-16)25-18)17(18)22-15-8-10(7-12(11)19)3-5-13(15)21-2;/h3-6,10-12,14,16-17H,7-9H2,1-2H3;1H2/t10?,11-,12-,14+,16?,17-,18-,27?;/m1./s1. The minimum Gasteiger partial charge on any atom is -0.493 e. The number of fused-ring (bicyclic) bond motifs is 3. The number of phosphoric ester groups is 1. The summed E-state index contributed by atoms with van der Waals surface area (Å²) in [6.07, 6.45) is 8.43. The molecule has 0 aromatic heterocycles. The number of phosphoric acid groups is 1. The average molecular weight is 413 g/mol. The fourth-order valence-corrected chi connectivity index (χ4v) is 7.15. The molecule has 0 aromatic rings. The van der Waals surface area contributed by atoms with Gasteiger partial charge < -0.3 is 14.9 Å². The van der Waals surface area contributed by atoms with Gasteiger partial charge in [-0.25, -0.2) is 9.45 Å². The quantitative estimate of drug-likeness (QED) is 0.361. The number of nitrogens with zero attached hydrogens (tertiary/aromatic N) is 1. The lowest BCUT2D eigenvalue weighted by Crippen LogP contribution is -2.71. The lowest BCUT2D eigenvalue weighted by Gasteiger charge is -2.54. The smallest absolute Gasteiger partial charge is 0.493 e. The summed E-state index contributed by atoms with van der Waals surface area (Å²) in [5, 5.41) is 0. The second kappa shape index (κ2) is 6.15. The van der Waals surface area contributed by atoms with E-state index in [1.54, 1.807) is 7.11 Å². The van der Waals surface area contributed by atoms with E-state index in [1.807, 2.05) is 12.2 Å². The van der Waals surface area contributed by atoms with Gasteiger partial charge >= 0.3 is 7.82 Å². The minimum absolute atomic E-state index is 0. The SMILES string of the molecule is COC1=C2CC(C=C1)C[C@@H]1[C@H]3C=C[C@@H]4OOP5(=O)OC(CN1C)[C@@]3(O5)[C@@H]4O2.O. The molecule has 3 unspecified atom stereocenters. The minimum atomic E-state index is -3.80. The van der Waals surface area contributed by atoms with Gasteiger partial charge in [-0.2, -0.15) is 0 Å². The maximum atomic E-state index is 13.0. The number of hydrogen-bond acceptors (Lipinski definition) is 8. The van der Waals surface area contributed by atoms with Gasteiger partial charge in [-0.1, -0.05) is 18.2 Å². The predicted octanol–water partition coefficient (Wildman–Crippen LogP) is 1.48. The van der Waals surface area contributed by atoms with Crippen molar-refractivity contribution in [3.8, 4) is 0 Å². The molecule has 4 saturated heterocycles. The molecule has 154 valence electrons. The molecular formula is C18H24NO8P. The van der Waals surface area contributed by atoms with Crippen LogP contribution in [-0.4, -0.2) is 61.0 Å². The first-order chi connectivity index (χ1) is 13.0. The first-order valence-electron chi connectivity index (χ1n) is 9.37. The molecule has 2 aliphatic carbocycles. The Bertz CT molecular complexity index is 826. The monoisotopic (exact) mass is 413 g/mol. The van der Waals surface area contributed by atoms with Gasteiger partial charge in [0, 0.05) is 24.9 Å². The molecule has 1 spiro atoms. The van der Waals surface area contributed by atoms with Gasteiger partial charge in [0.25, 0.3) is 0 Å². The molecule has 0 saturated carbocycles. The van der Waals surface area contributed by atoms with Crippen molar-refractivity contribution in [3.05, 3.63) is 35.8 Å². The highest BCUT2D eigenvalue weighted by Gasteiger charge is 2.73. The molecule has 8 bridgehead atoms. The third kappa shape index (κ3) is 2.32. The number of methoxy groups -OCH3 is 1. The van der Waals surface area contributed by atoms with Crippen molar-refractivity contribution < 1.29 is 38.1 Å². The molecule has 4 aliphatic heterocycles. The summed E-state index contributed by atoms with van der Waals surface area (Å²) in [7, 11) is -0.0765. The Labute approximate surface area is 162 Å². The first-order valence-corrected chi connectivity index (χ1v) is 10.8. The Balaban J connectivity index is 0.00000171. The number of likely N-dealkylation sites (tertiary alicyclic amines) is 1. The topological polar surface area (TPSA) is 107 Å². The van der Waals surface area contributed by atoms with Gasteiger partial charge in [0.15, 0.2) is 23.6 Å². The van der Waals surface area contributed by atoms with Crippen LogP contribution in [0.4, 0.5) is 0 Å². The van der Waals surface area contributed by atoms with Crippen molar-refractivity contribution in [2.75, 3.05) is 20.7 Å². The van der Waals surface area contributed by atoms with Crippen LogP contribution in [0.15, 0.2) is 35.8 Å². The lowest BCUT2D eigenvalue weighted by atomic mass is 9.65. The molecule has 8 atom stereocenters. The molecule has 9 nitrogen and oxygen atoms in total. The summed E-state index contributed by atoms with van der Waals surface area (Å²) in [5.41, 5.74) is -0.911. The molecule has 4 heterocycles. The number of ether oxygens (including phenoxy) is 2. The Hall–Kier alpha value is -1.19. The van der Waals surface area contributed by atoms with E-state index in [0.29, 0.717) is 18.2 Å². The van der Waals surface area contributed by atoms with E-state index in [1.165, 1.54) is 0 Å². The fraction of sp³-hybridized carbons (Fsp3) is 0.667. The first kappa shape index (κ1) is 18.8. The van der Waals surface area contributed by atoms with Gasteiger partial charge in [0.1, 0.15) is 11.9 Å². The van der Waals surface area contributed by atoms with Gasteiger partial charge in [0.05, 0.1) is 7.11 Å². The molecule has 6 aliphatic rings. The number of piperidine rings is 1. The lowest BCUT2D eigenvalue weighted by molar-refractivity contribution is -0.278. The number of allylic oxidation sites excluding steroid dienone is 3. The normalized spacial score (nSPS) is 50.8. The molecule has 0 amide bonds. The fourth-order valence-electron chi connectivity index (χ4n) is 5.57. The number of hydrogen-bond donors (Lipinski definition) is 0. The maximum Gasteiger partial charge on any atom is 0.503 e. The summed E-state index contributed by atoms with van der Waals surface area (Å²) >= 11 is 0. The van der Waals surface area contributed by atoms with Gasteiger partial charge in [-0.05, 0) is 25.5 Å². The van der Waals surface area contributed by atoms with Crippen LogP contribution >= 0.6 is 7.82 Å². The highest BCUT2D eigenvalue weighted by atomic mass is 31.2. The summed E-state index contributed by atoms with van der Waals surface area (Å²) in [6, 6.07) is 0.205. The second-order valence-corrected chi connectivity index (χ2v) is 9.57. The van der Waals surface area contributed by atoms with E-state index >= 15 is 0 Å². The Morgan fingerprint density at radius 2 is 2.18 bits per heavy atom. The van der Waals surface area contributed by atoms with Gasteiger partial charge in [0.2, 0.25) is 0 Å². The van der Waals surface area contributed by atoms with Gasteiger partial charge in [-0.15, -0.1) is 4.67 Å². The van der Waals surface area contributed by atoms with Crippen LogP contribution in [0.1, 0.15) is 12.8 Å². The second-order valence-electron chi connectivity index (χ2n) is 8.13. The highest BCUT2D eigenvalue weighted by molar-refractivity contribution is 7.48. The molecule has 28 heavy (non-hydrogen) atoms. The van der Waals surface area contributed by atoms with E-state index in [0.717, 1.165) is 18.6 Å². The third-order valence-electron chi connectivity index (χ3n) is 6.76. The largest absolute Gasteiger partial charge is 0.503 e. The van der Waals surface area contributed by atoms with Crippen molar-refractivity contribution in [3.63, 3.8) is 0 Å². The molecule has 0 radical (unpaired) electrons. The molecule has 6 rings (SSSR count). The number of rotatable bonds is 1. The average Bonchev–Trinajstić information content (AvgIpc) is 2.90. The van der Waals surface area contributed by atoms with Gasteiger partial charge in [-0.3, -0.25) is 13.9 Å². The summed E-state index contributed by atoms with van der Waals surface area (Å²) < 4.78 is 42.1. The van der Waals surface area contributed by atoms with Crippen molar-refractivity contribution >= 4 is 7.82 Å². The van der Waals surface area contributed by atoms with E-state index in [-0.39, 0.29) is 17.4 Å². The van der Waals surface area contributed by atoms with E-state index in [4.69, 9.17) is 28.1 Å². The predicted molar refractivity (Wildman–Crippen MR) is 95.7 cm³/mol. The van der Waals surface area contributed by atoms with E-state index in [2.05, 4.69) is 24.1 Å². The van der Waals surface area contributed by atoms with E-state index in [9.17, 15) is 4.57 Å². The van der Waals surface area contributed by atoms with Crippen molar-refractivity contribution in [2.24, 2.45) is 11.8 Å². The van der Waals surface area contributed by atoms with Crippen LogP contribution in [0.2, 0.25) is 0 Å². The van der Waals surface area contributed by atoms with Crippen molar-refractivity contribution in [1.82, 2.24) is 4.90 Å². The van der Waals surface area contributed by atoms with Crippen LogP contribution in [0, 0.1) is 11.8 Å². The maximum absolute atomic E-state index is 13.0. The zero-order valence-electron chi connectivity index (χ0n) is 15.6. The van der Waals surface area contributed by atoms with E-state index < -0.39 is 31.7 Å². The van der Waals surface area contributed by atoms with Crippen molar-refractivity contribution in [1.29, 1.82) is 0 Å². The van der Waals surface area contributed by atoms with Crippen molar-refractivity contribution in [2.45, 2.75) is 42.8 Å². The van der Waals surface area contributed by atoms with Crippen LogP contribution in [0.25, 0.3) is 0 Å². The highest BCUT2D eigenvalue weighted by Crippen LogP contribution is 2.69. The zero-order valence-corrected chi connectivity index (χ0v) is 16.5. The van der Waals surface area contributed by atoms with Crippen LogP contribution in [-0.2, 0) is 32.6 Å². The molecular weight excluding hydrogens is 389 g/mol. The zero-order chi connectivity index (χ0) is 18.4. The Morgan fingerprint density at radius 1 is 1.32 bits per heavy atom. The Kier molecular flexibility index (Phi) is 4.13. The summed E-state index contributed by atoms with van der Waals surface area (Å²) in [6.45, 7) is 0.599. The summed E-state index contributed by atoms with van der Waals surface area (Å²) in [4.78, 5) is 7.73. The van der Waals surface area contributed by atoms with Crippen LogP contribution in [0.3, 0.4) is 0 Å². The third-order valence-corrected chi connectivity index (χ3v) is 8.08. The number of likely N-dealkylation sites (N-methyl/N-ethyl adjacent to an activating group) is 1. The van der Waals surface area contributed by atoms with Crippen LogP contribution < -0.4 is 0 Å². The van der Waals surface area contributed by atoms with Crippen LogP contribution in [0.5, 0.6) is 0 Å². The Morgan fingerprint density at radius 3 is 3.00 bits per heavy atom. The molecule has 10 heteroatoms. The molecule has 4 fully saturated rings. The molecule has 0 aromatic carbocycles.